The lowest BCUT2D eigenvalue weighted by atomic mass is 10.0. The number of pyridine rings is 1. The summed E-state index contributed by atoms with van der Waals surface area (Å²) in [5, 5.41) is 5.01. The van der Waals surface area contributed by atoms with Crippen molar-refractivity contribution in [2.45, 2.75) is 72.6 Å². The number of amides is 1. The van der Waals surface area contributed by atoms with E-state index in [1.807, 2.05) is 28.9 Å². The number of hydrogen-bond donors (Lipinski definition) is 0. The number of carbonyl (C=O) groups is 1. The van der Waals surface area contributed by atoms with Gasteiger partial charge in [-0.3, -0.25) is 4.79 Å². The minimum Gasteiger partial charge on any atom is -0.497 e. The maximum atomic E-state index is 13.8. The van der Waals surface area contributed by atoms with E-state index in [9.17, 15) is 4.79 Å². The number of nitrogens with zero attached hydrogens (tertiary/aromatic N) is 4. The highest BCUT2D eigenvalue weighted by Gasteiger charge is 2.21. The normalized spacial score (nSPS) is 14.4. The van der Waals surface area contributed by atoms with E-state index >= 15 is 0 Å². The molecule has 1 fully saturated rings. The summed E-state index contributed by atoms with van der Waals surface area (Å²) in [5.74, 6) is 2.08. The predicted octanol–water partition coefficient (Wildman–Crippen LogP) is 6.96. The van der Waals surface area contributed by atoms with Crippen LogP contribution in [0.15, 0.2) is 42.6 Å². The smallest absolute Gasteiger partial charge is 0.253 e. The van der Waals surface area contributed by atoms with Crippen LogP contribution in [0.4, 0.5) is 0 Å². The number of ether oxygens (including phenoxy) is 1. The van der Waals surface area contributed by atoms with Gasteiger partial charge in [0, 0.05) is 36.0 Å². The molecule has 3 heterocycles. The van der Waals surface area contributed by atoms with E-state index in [2.05, 4.69) is 55.7 Å². The number of piperidine rings is 1. The molecule has 1 aliphatic rings. The van der Waals surface area contributed by atoms with Crippen molar-refractivity contribution in [3.63, 3.8) is 0 Å². The van der Waals surface area contributed by atoms with Crippen LogP contribution >= 0.6 is 0 Å². The van der Waals surface area contributed by atoms with Gasteiger partial charge in [-0.05, 0) is 94.3 Å². The molecule has 0 atom stereocenters. The molecule has 0 unspecified atom stereocenters. The van der Waals surface area contributed by atoms with Gasteiger partial charge < -0.3 is 14.5 Å². The predicted molar refractivity (Wildman–Crippen MR) is 161 cm³/mol. The lowest BCUT2D eigenvalue weighted by Gasteiger charge is -2.26. The highest BCUT2D eigenvalue weighted by molar-refractivity contribution is 5.95. The molecule has 1 saturated heterocycles. The summed E-state index contributed by atoms with van der Waals surface area (Å²) in [6.07, 6.45) is 9.96. The third-order valence-electron chi connectivity index (χ3n) is 7.92. The molecule has 2 aromatic heterocycles. The number of aromatic nitrogens is 2. The van der Waals surface area contributed by atoms with Gasteiger partial charge in [0.1, 0.15) is 5.75 Å². The Labute approximate surface area is 235 Å². The molecular weight excluding hydrogens is 484 g/mol. The maximum absolute atomic E-state index is 13.8. The van der Waals surface area contributed by atoms with Gasteiger partial charge in [0.25, 0.3) is 5.91 Å². The van der Waals surface area contributed by atoms with Crippen molar-refractivity contribution in [2.75, 3.05) is 39.8 Å². The van der Waals surface area contributed by atoms with Gasteiger partial charge in [-0.25, -0.2) is 4.52 Å². The summed E-state index contributed by atoms with van der Waals surface area (Å²) >= 11 is 0. The van der Waals surface area contributed by atoms with Crippen molar-refractivity contribution in [3.8, 4) is 17.0 Å². The van der Waals surface area contributed by atoms with Crippen LogP contribution in [0, 0.1) is 11.8 Å². The Morgan fingerprint density at radius 2 is 1.72 bits per heavy atom. The Kier molecular flexibility index (Phi) is 10.4. The first-order valence-electron chi connectivity index (χ1n) is 15.0. The summed E-state index contributed by atoms with van der Waals surface area (Å²) in [6.45, 7) is 14.0. The number of methoxy groups -OCH3 is 1. The van der Waals surface area contributed by atoms with Crippen LogP contribution in [-0.4, -0.2) is 65.2 Å². The van der Waals surface area contributed by atoms with E-state index in [1.54, 1.807) is 7.11 Å². The van der Waals surface area contributed by atoms with Gasteiger partial charge in [0.2, 0.25) is 0 Å². The fourth-order valence-corrected chi connectivity index (χ4v) is 5.46. The molecule has 0 radical (unpaired) electrons. The molecule has 1 amide bonds. The maximum Gasteiger partial charge on any atom is 0.253 e. The molecular formula is C33H48N4O2. The molecule has 4 rings (SSSR count). The number of carbonyl (C=O) groups excluding carboxylic acids is 1. The summed E-state index contributed by atoms with van der Waals surface area (Å²) in [5.41, 5.74) is 5.03. The molecule has 3 aromatic rings. The van der Waals surface area contributed by atoms with Gasteiger partial charge in [0.15, 0.2) is 0 Å². The van der Waals surface area contributed by atoms with Crippen LogP contribution in [-0.2, 0) is 6.42 Å². The first kappa shape index (κ1) is 29.1. The van der Waals surface area contributed by atoms with Crippen molar-refractivity contribution in [1.82, 2.24) is 19.4 Å². The molecule has 0 saturated carbocycles. The number of fused-ring (bicyclic) bond motifs is 1. The van der Waals surface area contributed by atoms with Crippen LogP contribution < -0.4 is 4.74 Å². The van der Waals surface area contributed by atoms with Crippen LogP contribution in [0.2, 0.25) is 0 Å². The fourth-order valence-electron chi connectivity index (χ4n) is 5.46. The minimum absolute atomic E-state index is 0.127. The van der Waals surface area contributed by atoms with E-state index < -0.39 is 0 Å². The van der Waals surface area contributed by atoms with E-state index in [-0.39, 0.29) is 5.91 Å². The Balaban J connectivity index is 1.66. The zero-order valence-electron chi connectivity index (χ0n) is 24.8. The molecule has 0 spiro atoms. The molecule has 1 aliphatic heterocycles. The Hall–Kier alpha value is -2.86. The van der Waals surface area contributed by atoms with Crippen molar-refractivity contribution in [3.05, 3.63) is 53.7 Å². The molecule has 212 valence electrons. The Morgan fingerprint density at radius 3 is 2.38 bits per heavy atom. The number of aryl methyl sites for hydroxylation is 1. The Morgan fingerprint density at radius 1 is 1.00 bits per heavy atom. The number of hydrogen-bond acceptors (Lipinski definition) is 4. The zero-order valence-corrected chi connectivity index (χ0v) is 24.8. The third kappa shape index (κ3) is 7.84. The monoisotopic (exact) mass is 532 g/mol. The molecule has 6 nitrogen and oxygen atoms in total. The quantitative estimate of drug-likeness (QED) is 0.239. The van der Waals surface area contributed by atoms with Crippen molar-refractivity contribution in [1.29, 1.82) is 0 Å². The highest BCUT2D eigenvalue weighted by atomic mass is 16.5. The average Bonchev–Trinajstić information content (AvgIpc) is 3.31. The number of benzene rings is 1. The first-order chi connectivity index (χ1) is 18.9. The molecule has 1 aromatic carbocycles. The molecule has 39 heavy (non-hydrogen) atoms. The second-order valence-electron chi connectivity index (χ2n) is 12.0. The Bertz CT molecular complexity index is 1200. The van der Waals surface area contributed by atoms with Crippen LogP contribution in [0.25, 0.3) is 16.8 Å². The van der Waals surface area contributed by atoms with E-state index in [4.69, 9.17) is 9.84 Å². The van der Waals surface area contributed by atoms with E-state index in [1.165, 1.54) is 37.9 Å². The lowest BCUT2D eigenvalue weighted by molar-refractivity contribution is 0.0741. The average molecular weight is 533 g/mol. The van der Waals surface area contributed by atoms with Gasteiger partial charge in [-0.2, -0.15) is 5.10 Å². The van der Waals surface area contributed by atoms with Crippen molar-refractivity contribution < 1.29 is 9.53 Å². The first-order valence-corrected chi connectivity index (χ1v) is 15.0. The summed E-state index contributed by atoms with van der Waals surface area (Å²) in [4.78, 5) is 18.4. The van der Waals surface area contributed by atoms with Crippen LogP contribution in [0.5, 0.6) is 5.75 Å². The summed E-state index contributed by atoms with van der Waals surface area (Å²) < 4.78 is 7.47. The second kappa shape index (κ2) is 14.0. The van der Waals surface area contributed by atoms with Crippen LogP contribution in [0.1, 0.15) is 82.1 Å². The van der Waals surface area contributed by atoms with Crippen molar-refractivity contribution >= 4 is 11.4 Å². The molecule has 0 bridgehead atoms. The summed E-state index contributed by atoms with van der Waals surface area (Å²) in [6, 6.07) is 12.2. The zero-order chi connectivity index (χ0) is 27.8. The number of rotatable bonds is 13. The lowest BCUT2D eigenvalue weighted by Crippen LogP contribution is -2.34. The molecule has 0 N–H and O–H groups in total. The van der Waals surface area contributed by atoms with Gasteiger partial charge >= 0.3 is 0 Å². The van der Waals surface area contributed by atoms with E-state index in [0.717, 1.165) is 73.4 Å². The molecule has 6 heteroatoms. The summed E-state index contributed by atoms with van der Waals surface area (Å²) in [7, 11) is 1.70. The highest BCUT2D eigenvalue weighted by Crippen LogP contribution is 2.30. The fraction of sp³-hybridized carbons (Fsp3) is 0.576. The standard InChI is InChI=1S/C33H48N4O2/c1-25(2)14-20-36(21-15-26(3)4)33(38)28-16-22-37-31(24-28)30(13-10-19-35-17-7-6-8-18-35)32(34-37)27-11-9-12-29(23-27)39-5/h9,11-12,16,22-26H,6-8,10,13-15,17-21H2,1-5H3. The van der Waals surface area contributed by atoms with Gasteiger partial charge in [-0.15, -0.1) is 0 Å². The van der Waals surface area contributed by atoms with Gasteiger partial charge in [0.05, 0.1) is 18.3 Å². The van der Waals surface area contributed by atoms with E-state index in [0.29, 0.717) is 11.8 Å². The molecule has 0 aliphatic carbocycles. The SMILES string of the molecule is COc1cccc(-c2nn3ccc(C(=O)N(CCC(C)C)CCC(C)C)cc3c2CCCN2CCCCC2)c1. The van der Waals surface area contributed by atoms with Crippen molar-refractivity contribution in [2.24, 2.45) is 11.8 Å². The van der Waals surface area contributed by atoms with Crippen LogP contribution in [0.3, 0.4) is 0 Å². The van der Waals surface area contributed by atoms with Gasteiger partial charge in [-0.1, -0.05) is 46.2 Å². The number of likely N-dealkylation sites (tertiary alicyclic amines) is 1. The minimum atomic E-state index is 0.127. The topological polar surface area (TPSA) is 50.1 Å². The third-order valence-corrected chi connectivity index (χ3v) is 7.92. The largest absolute Gasteiger partial charge is 0.497 e. The second-order valence-corrected chi connectivity index (χ2v) is 12.0.